The summed E-state index contributed by atoms with van der Waals surface area (Å²) < 4.78 is 29.1. The normalized spacial score (nSPS) is 26.0. The second-order valence-electron chi connectivity index (χ2n) is 6.76. The molecule has 3 rings (SSSR count). The third kappa shape index (κ3) is 4.60. The number of halogens is 2. The lowest BCUT2D eigenvalue weighted by Gasteiger charge is -2.31. The molecule has 7 heteroatoms. The summed E-state index contributed by atoms with van der Waals surface area (Å²) in [5, 5.41) is 15.8. The molecule has 1 fully saturated rings. The number of aliphatic hydroxyl groups is 1. The first kappa shape index (κ1) is 17.9. The topological polar surface area (TPSA) is 70.6 Å². The highest BCUT2D eigenvalue weighted by molar-refractivity contribution is 5.75. The molecule has 1 aromatic carbocycles. The second-order valence-corrected chi connectivity index (χ2v) is 6.76. The van der Waals surface area contributed by atoms with Crippen LogP contribution < -0.4 is 15.4 Å². The molecule has 0 spiro atoms. The highest BCUT2D eigenvalue weighted by atomic mass is 19.3. The smallest absolute Gasteiger partial charge is 0.387 e. The molecule has 2 amide bonds. The van der Waals surface area contributed by atoms with Crippen LogP contribution in [0.4, 0.5) is 13.6 Å². The number of rotatable bonds is 4. The van der Waals surface area contributed by atoms with Crippen LogP contribution in [0.5, 0.6) is 5.75 Å². The molecule has 3 N–H and O–H groups in total. The van der Waals surface area contributed by atoms with Crippen LogP contribution in [0.3, 0.4) is 0 Å². The number of aliphatic hydroxyl groups excluding tert-OH is 1. The van der Waals surface area contributed by atoms with Gasteiger partial charge in [0.25, 0.3) is 0 Å². The first-order valence-electron chi connectivity index (χ1n) is 8.85. The standard InChI is InChI=1S/C18H24F2N2O3/c19-17(20)25-12-8-9-13-11(10-12)4-3-6-14(13)21-18(24)22-15-5-1-2-7-16(15)23/h8-10,14-17,23H,1-7H2,(H2,21,22,24). The second kappa shape index (κ2) is 7.99. The largest absolute Gasteiger partial charge is 0.435 e. The van der Waals surface area contributed by atoms with Crippen LogP contribution in [0.2, 0.25) is 0 Å². The molecule has 5 nitrogen and oxygen atoms in total. The third-order valence-electron chi connectivity index (χ3n) is 5.01. The number of alkyl halides is 2. The molecule has 1 aromatic rings. The Hall–Kier alpha value is -1.89. The summed E-state index contributed by atoms with van der Waals surface area (Å²) >= 11 is 0. The van der Waals surface area contributed by atoms with Crippen molar-refractivity contribution >= 4 is 6.03 Å². The monoisotopic (exact) mass is 354 g/mol. The van der Waals surface area contributed by atoms with Crippen molar-refractivity contribution in [1.82, 2.24) is 10.6 Å². The number of nitrogens with one attached hydrogen (secondary N) is 2. The van der Waals surface area contributed by atoms with E-state index < -0.39 is 12.7 Å². The highest BCUT2D eigenvalue weighted by Crippen LogP contribution is 2.32. The molecule has 138 valence electrons. The summed E-state index contributed by atoms with van der Waals surface area (Å²) in [6.45, 7) is -2.84. The molecule has 0 bridgehead atoms. The van der Waals surface area contributed by atoms with Crippen molar-refractivity contribution in [3.05, 3.63) is 29.3 Å². The maximum absolute atomic E-state index is 12.3. The molecule has 3 atom stereocenters. The van der Waals surface area contributed by atoms with E-state index in [-0.39, 0.29) is 23.9 Å². The average molecular weight is 354 g/mol. The number of carbonyl (C=O) groups excluding carboxylic acids is 1. The van der Waals surface area contributed by atoms with E-state index in [1.54, 1.807) is 12.1 Å². The summed E-state index contributed by atoms with van der Waals surface area (Å²) in [6, 6.07) is 4.21. The van der Waals surface area contributed by atoms with Gasteiger partial charge in [-0.25, -0.2) is 4.79 Å². The third-order valence-corrected chi connectivity index (χ3v) is 5.01. The SMILES string of the molecule is O=C(NC1CCCc2cc(OC(F)F)ccc21)NC1CCCCC1O. The zero-order chi connectivity index (χ0) is 17.8. The van der Waals surface area contributed by atoms with Crippen LogP contribution in [0, 0.1) is 0 Å². The Morgan fingerprint density at radius 1 is 1.16 bits per heavy atom. The van der Waals surface area contributed by atoms with Crippen LogP contribution in [0.15, 0.2) is 18.2 Å². The van der Waals surface area contributed by atoms with Gasteiger partial charge in [-0.3, -0.25) is 0 Å². The van der Waals surface area contributed by atoms with Crippen LogP contribution in [0.25, 0.3) is 0 Å². The van der Waals surface area contributed by atoms with E-state index in [9.17, 15) is 18.7 Å². The maximum Gasteiger partial charge on any atom is 0.387 e. The van der Waals surface area contributed by atoms with Crippen LogP contribution in [-0.4, -0.2) is 29.9 Å². The van der Waals surface area contributed by atoms with E-state index in [0.29, 0.717) is 6.42 Å². The van der Waals surface area contributed by atoms with E-state index in [4.69, 9.17) is 0 Å². The van der Waals surface area contributed by atoms with Gasteiger partial charge in [-0.05, 0) is 55.4 Å². The van der Waals surface area contributed by atoms with E-state index in [1.165, 1.54) is 6.07 Å². The number of fused-ring (bicyclic) bond motifs is 1. The average Bonchev–Trinajstić information content (AvgIpc) is 2.56. The van der Waals surface area contributed by atoms with Gasteiger partial charge in [0, 0.05) is 0 Å². The number of aryl methyl sites for hydroxylation is 1. The van der Waals surface area contributed by atoms with Gasteiger partial charge in [0.1, 0.15) is 5.75 Å². The van der Waals surface area contributed by atoms with Gasteiger partial charge in [0.05, 0.1) is 18.2 Å². The lowest BCUT2D eigenvalue weighted by atomic mass is 9.87. The van der Waals surface area contributed by atoms with Crippen molar-refractivity contribution < 1.29 is 23.4 Å². The molecule has 0 aliphatic heterocycles. The lowest BCUT2D eigenvalue weighted by Crippen LogP contribution is -2.49. The van der Waals surface area contributed by atoms with Gasteiger partial charge in [0.2, 0.25) is 0 Å². The van der Waals surface area contributed by atoms with Crippen molar-refractivity contribution in [2.24, 2.45) is 0 Å². The van der Waals surface area contributed by atoms with Crippen LogP contribution in [-0.2, 0) is 6.42 Å². The minimum Gasteiger partial charge on any atom is -0.435 e. The van der Waals surface area contributed by atoms with Gasteiger partial charge in [-0.15, -0.1) is 0 Å². The van der Waals surface area contributed by atoms with Gasteiger partial charge in [0.15, 0.2) is 0 Å². The Labute approximate surface area is 145 Å². The summed E-state index contributed by atoms with van der Waals surface area (Å²) in [5.41, 5.74) is 1.86. The zero-order valence-electron chi connectivity index (χ0n) is 14.0. The molecule has 0 aromatic heterocycles. The number of hydrogen-bond donors (Lipinski definition) is 3. The zero-order valence-corrected chi connectivity index (χ0v) is 14.0. The number of benzene rings is 1. The fraction of sp³-hybridized carbons (Fsp3) is 0.611. The highest BCUT2D eigenvalue weighted by Gasteiger charge is 2.27. The van der Waals surface area contributed by atoms with E-state index in [0.717, 1.165) is 49.7 Å². The predicted molar refractivity (Wildman–Crippen MR) is 88.7 cm³/mol. The molecule has 0 heterocycles. The summed E-state index contributed by atoms with van der Waals surface area (Å²) in [5.74, 6) is 0.143. The van der Waals surface area contributed by atoms with E-state index in [2.05, 4.69) is 15.4 Å². The Balaban J connectivity index is 1.63. The van der Waals surface area contributed by atoms with Gasteiger partial charge in [-0.2, -0.15) is 8.78 Å². The Bertz CT molecular complexity index is 612. The van der Waals surface area contributed by atoms with Gasteiger partial charge >= 0.3 is 12.6 Å². The van der Waals surface area contributed by atoms with Crippen LogP contribution in [0.1, 0.15) is 55.7 Å². The van der Waals surface area contributed by atoms with Crippen molar-refractivity contribution in [3.8, 4) is 5.75 Å². The number of hydrogen-bond acceptors (Lipinski definition) is 3. The Kier molecular flexibility index (Phi) is 5.73. The van der Waals surface area contributed by atoms with Gasteiger partial charge in [-0.1, -0.05) is 18.9 Å². The number of carbonyl (C=O) groups is 1. The number of ether oxygens (including phenoxy) is 1. The van der Waals surface area contributed by atoms with Crippen molar-refractivity contribution in [2.45, 2.75) is 69.7 Å². The Morgan fingerprint density at radius 3 is 2.72 bits per heavy atom. The van der Waals surface area contributed by atoms with Crippen molar-refractivity contribution in [3.63, 3.8) is 0 Å². The molecule has 3 unspecified atom stereocenters. The quantitative estimate of drug-likeness (QED) is 0.777. The first-order chi connectivity index (χ1) is 12.0. The fourth-order valence-electron chi connectivity index (χ4n) is 3.76. The van der Waals surface area contributed by atoms with E-state index >= 15 is 0 Å². The van der Waals surface area contributed by atoms with Crippen molar-refractivity contribution in [2.75, 3.05) is 0 Å². The molecule has 2 aliphatic carbocycles. The summed E-state index contributed by atoms with van der Waals surface area (Å²) in [7, 11) is 0. The molecule has 0 saturated heterocycles. The summed E-state index contributed by atoms with van der Waals surface area (Å²) in [6.07, 6.45) is 5.42. The van der Waals surface area contributed by atoms with Gasteiger partial charge < -0.3 is 20.5 Å². The minimum absolute atomic E-state index is 0.143. The summed E-state index contributed by atoms with van der Waals surface area (Å²) in [4.78, 5) is 12.3. The molecule has 25 heavy (non-hydrogen) atoms. The number of amides is 2. The predicted octanol–water partition coefficient (Wildman–Crippen LogP) is 3.27. The molecule has 1 saturated carbocycles. The molecular formula is C18H24F2N2O3. The molecule has 2 aliphatic rings. The minimum atomic E-state index is -2.84. The number of urea groups is 1. The molecule has 0 radical (unpaired) electrons. The first-order valence-corrected chi connectivity index (χ1v) is 8.85. The van der Waals surface area contributed by atoms with Crippen LogP contribution >= 0.6 is 0 Å². The lowest BCUT2D eigenvalue weighted by molar-refractivity contribution is -0.0499. The maximum atomic E-state index is 12.3. The van der Waals surface area contributed by atoms with E-state index in [1.807, 2.05) is 0 Å². The Morgan fingerprint density at radius 2 is 1.96 bits per heavy atom. The molecular weight excluding hydrogens is 330 g/mol. The van der Waals surface area contributed by atoms with Crippen molar-refractivity contribution in [1.29, 1.82) is 0 Å². The fourth-order valence-corrected chi connectivity index (χ4v) is 3.76.